The van der Waals surface area contributed by atoms with Crippen LogP contribution in [0.1, 0.15) is 10.4 Å². The maximum Gasteiger partial charge on any atom is 0.338 e. The zero-order valence-corrected chi connectivity index (χ0v) is 12.6. The molecule has 0 bridgehead atoms. The highest BCUT2D eigenvalue weighted by Crippen LogP contribution is 2.39. The van der Waals surface area contributed by atoms with Crippen molar-refractivity contribution < 1.29 is 9.53 Å². The first-order valence-corrected chi connectivity index (χ1v) is 6.56. The molecule has 7 heteroatoms. The van der Waals surface area contributed by atoms with Crippen LogP contribution < -0.4 is 5.73 Å². The molecule has 0 aliphatic rings. The van der Waals surface area contributed by atoms with Gasteiger partial charge in [0.2, 0.25) is 0 Å². The Kier molecular flexibility index (Phi) is 4.38. The topological polar surface area (TPSA) is 65.2 Å². The van der Waals surface area contributed by atoms with Gasteiger partial charge in [-0.05, 0) is 12.1 Å². The largest absolute Gasteiger partial charge is 0.465 e. The van der Waals surface area contributed by atoms with E-state index in [1.165, 1.54) is 19.4 Å². The fraction of sp³-hybridized carbons (Fsp3) is 0.0769. The van der Waals surface area contributed by atoms with Gasteiger partial charge in [0.15, 0.2) is 0 Å². The Morgan fingerprint density at radius 3 is 2.55 bits per heavy atom. The summed E-state index contributed by atoms with van der Waals surface area (Å²) >= 11 is 18.1. The second kappa shape index (κ2) is 5.87. The summed E-state index contributed by atoms with van der Waals surface area (Å²) in [5.74, 6) is -0.346. The van der Waals surface area contributed by atoms with Gasteiger partial charge in [0.25, 0.3) is 0 Å². The number of anilines is 1. The highest BCUT2D eigenvalue weighted by Gasteiger charge is 2.18. The lowest BCUT2D eigenvalue weighted by molar-refractivity contribution is 0.0601. The zero-order chi connectivity index (χ0) is 14.9. The van der Waals surface area contributed by atoms with Crippen molar-refractivity contribution in [1.29, 1.82) is 0 Å². The maximum atomic E-state index is 11.8. The first-order valence-electron chi connectivity index (χ1n) is 5.43. The molecule has 2 N–H and O–H groups in total. The molecule has 2 rings (SSSR count). The Balaban J connectivity index is 2.70. The van der Waals surface area contributed by atoms with E-state index >= 15 is 0 Å². The summed E-state index contributed by atoms with van der Waals surface area (Å²) in [6.45, 7) is 0. The number of pyridine rings is 1. The number of nitrogens with zero attached hydrogens (tertiary/aromatic N) is 1. The number of aromatic nitrogens is 1. The molecule has 1 aromatic heterocycles. The Labute approximate surface area is 130 Å². The normalized spacial score (nSPS) is 10.4. The van der Waals surface area contributed by atoms with Gasteiger partial charge in [-0.25, -0.2) is 9.78 Å². The molecule has 0 unspecified atom stereocenters. The second-order valence-corrected chi connectivity index (χ2v) is 5.03. The number of esters is 1. The molecule has 0 saturated heterocycles. The summed E-state index contributed by atoms with van der Waals surface area (Å²) in [6.07, 6.45) is 1.44. The third-order valence-electron chi connectivity index (χ3n) is 2.66. The van der Waals surface area contributed by atoms with Crippen LogP contribution in [0.5, 0.6) is 0 Å². The molecule has 1 aromatic carbocycles. The third-order valence-corrected chi connectivity index (χ3v) is 3.95. The first-order chi connectivity index (χ1) is 9.45. The summed E-state index contributed by atoms with van der Waals surface area (Å²) < 4.78 is 4.72. The molecule has 0 spiro atoms. The van der Waals surface area contributed by atoms with Crippen molar-refractivity contribution in [3.63, 3.8) is 0 Å². The standard InChI is InChI=1S/C13H9Cl3N2O2/c1-20-13(19)7-4-10(17)18-5-8(7)6-2-3-9(14)12(16)11(6)15/h2-5H,1H3,(H2,17,18). The summed E-state index contributed by atoms with van der Waals surface area (Å²) in [4.78, 5) is 15.8. The highest BCUT2D eigenvalue weighted by atomic mass is 35.5. The van der Waals surface area contributed by atoms with Gasteiger partial charge in [0, 0.05) is 17.3 Å². The monoisotopic (exact) mass is 330 g/mol. The van der Waals surface area contributed by atoms with Crippen LogP contribution >= 0.6 is 34.8 Å². The summed E-state index contributed by atoms with van der Waals surface area (Å²) in [6, 6.07) is 4.65. The predicted molar refractivity (Wildman–Crippen MR) is 80.5 cm³/mol. The smallest absolute Gasteiger partial charge is 0.338 e. The molecule has 0 saturated carbocycles. The summed E-state index contributed by atoms with van der Waals surface area (Å²) in [7, 11) is 1.28. The van der Waals surface area contributed by atoms with E-state index in [-0.39, 0.29) is 21.4 Å². The Bertz CT molecular complexity index is 690. The number of hydrogen-bond acceptors (Lipinski definition) is 4. The van der Waals surface area contributed by atoms with Crippen LogP contribution in [0.2, 0.25) is 15.1 Å². The number of rotatable bonds is 2. The molecule has 0 aliphatic carbocycles. The zero-order valence-electron chi connectivity index (χ0n) is 10.3. The van der Waals surface area contributed by atoms with Gasteiger partial charge < -0.3 is 10.5 Å². The van der Waals surface area contributed by atoms with Crippen molar-refractivity contribution in [2.24, 2.45) is 0 Å². The van der Waals surface area contributed by atoms with Crippen molar-refractivity contribution >= 4 is 46.6 Å². The number of ether oxygens (including phenoxy) is 1. The van der Waals surface area contributed by atoms with Crippen LogP contribution in [-0.4, -0.2) is 18.1 Å². The van der Waals surface area contributed by atoms with Crippen molar-refractivity contribution in [2.75, 3.05) is 12.8 Å². The molecule has 4 nitrogen and oxygen atoms in total. The van der Waals surface area contributed by atoms with E-state index in [4.69, 9.17) is 45.3 Å². The molecule has 0 radical (unpaired) electrons. The van der Waals surface area contributed by atoms with Gasteiger partial charge in [-0.3, -0.25) is 0 Å². The number of methoxy groups -OCH3 is 1. The molecule has 0 fully saturated rings. The van der Waals surface area contributed by atoms with E-state index in [2.05, 4.69) is 4.98 Å². The summed E-state index contributed by atoms with van der Waals surface area (Å²) in [5, 5.41) is 0.762. The molecule has 0 amide bonds. The second-order valence-electron chi connectivity index (χ2n) is 3.87. The van der Waals surface area contributed by atoms with Crippen molar-refractivity contribution in [3.8, 4) is 11.1 Å². The fourth-order valence-corrected chi connectivity index (χ4v) is 2.34. The van der Waals surface area contributed by atoms with Gasteiger partial charge in [-0.1, -0.05) is 40.9 Å². The van der Waals surface area contributed by atoms with E-state index in [0.717, 1.165) is 0 Å². The van der Waals surface area contributed by atoms with Gasteiger partial charge in [-0.2, -0.15) is 0 Å². The van der Waals surface area contributed by atoms with Crippen LogP contribution in [0.4, 0.5) is 5.82 Å². The van der Waals surface area contributed by atoms with E-state index in [9.17, 15) is 4.79 Å². The summed E-state index contributed by atoms with van der Waals surface area (Å²) in [5.41, 5.74) is 6.83. The van der Waals surface area contributed by atoms with E-state index < -0.39 is 5.97 Å². The number of nitrogens with two attached hydrogens (primary N) is 1. The molecule has 104 valence electrons. The lowest BCUT2D eigenvalue weighted by atomic mass is 10.0. The van der Waals surface area contributed by atoms with Crippen LogP contribution in [0.15, 0.2) is 24.4 Å². The average Bonchev–Trinajstić information content (AvgIpc) is 2.44. The molecular formula is C13H9Cl3N2O2. The van der Waals surface area contributed by atoms with E-state index in [0.29, 0.717) is 16.1 Å². The molecule has 1 heterocycles. The fourth-order valence-electron chi connectivity index (χ4n) is 1.70. The van der Waals surface area contributed by atoms with Crippen LogP contribution in [-0.2, 0) is 4.74 Å². The minimum absolute atomic E-state index is 0.199. The lowest BCUT2D eigenvalue weighted by Gasteiger charge is -2.11. The Morgan fingerprint density at radius 2 is 1.90 bits per heavy atom. The lowest BCUT2D eigenvalue weighted by Crippen LogP contribution is -2.06. The number of hydrogen-bond donors (Lipinski definition) is 1. The molecule has 20 heavy (non-hydrogen) atoms. The number of nitrogen functional groups attached to an aromatic ring is 1. The van der Waals surface area contributed by atoms with Crippen molar-refractivity contribution in [3.05, 3.63) is 45.0 Å². The minimum atomic E-state index is -0.545. The predicted octanol–water partition coefficient (Wildman–Crippen LogP) is 4.08. The van der Waals surface area contributed by atoms with Gasteiger partial charge >= 0.3 is 5.97 Å². The van der Waals surface area contributed by atoms with E-state index in [1.807, 2.05) is 0 Å². The van der Waals surface area contributed by atoms with Gasteiger partial charge in [0.1, 0.15) is 5.82 Å². The van der Waals surface area contributed by atoms with Crippen LogP contribution in [0.3, 0.4) is 0 Å². The SMILES string of the molecule is COC(=O)c1cc(N)ncc1-c1ccc(Cl)c(Cl)c1Cl. The third kappa shape index (κ3) is 2.68. The Morgan fingerprint density at radius 1 is 1.20 bits per heavy atom. The van der Waals surface area contributed by atoms with Crippen LogP contribution in [0.25, 0.3) is 11.1 Å². The number of carbonyl (C=O) groups excluding carboxylic acids is 1. The average molecular weight is 332 g/mol. The maximum absolute atomic E-state index is 11.8. The molecular weight excluding hydrogens is 323 g/mol. The van der Waals surface area contributed by atoms with Gasteiger partial charge in [0.05, 0.1) is 27.7 Å². The molecule has 2 aromatic rings. The van der Waals surface area contributed by atoms with Gasteiger partial charge in [-0.15, -0.1) is 0 Å². The Hall–Kier alpha value is -1.49. The van der Waals surface area contributed by atoms with Crippen LogP contribution in [0, 0.1) is 0 Å². The number of halogens is 3. The highest BCUT2D eigenvalue weighted by molar-refractivity contribution is 6.49. The van der Waals surface area contributed by atoms with Crippen molar-refractivity contribution in [1.82, 2.24) is 4.98 Å². The van der Waals surface area contributed by atoms with E-state index in [1.54, 1.807) is 12.1 Å². The molecule has 0 aliphatic heterocycles. The number of carbonyl (C=O) groups is 1. The van der Waals surface area contributed by atoms with Crippen molar-refractivity contribution in [2.45, 2.75) is 0 Å². The quantitative estimate of drug-likeness (QED) is 0.665. The number of benzene rings is 1. The molecule has 0 atom stereocenters. The minimum Gasteiger partial charge on any atom is -0.465 e. The first kappa shape index (κ1) is 14.9.